The number of aromatic nitrogens is 2. The van der Waals surface area contributed by atoms with Crippen LogP contribution in [0.1, 0.15) is 57.8 Å². The van der Waals surface area contributed by atoms with Crippen LogP contribution in [0.5, 0.6) is 17.6 Å². The van der Waals surface area contributed by atoms with Gasteiger partial charge in [0.15, 0.2) is 0 Å². The predicted molar refractivity (Wildman–Crippen MR) is 119 cm³/mol. The van der Waals surface area contributed by atoms with Crippen LogP contribution in [0.4, 0.5) is 4.79 Å². The maximum Gasteiger partial charge on any atom is 0.492 e. The Morgan fingerprint density at radius 1 is 1.34 bits per heavy atom. The fraction of sp³-hybridized carbons (Fsp3) is 0.500. The van der Waals surface area contributed by atoms with E-state index in [4.69, 9.17) is 18.9 Å². The van der Waals surface area contributed by atoms with Gasteiger partial charge in [-0.2, -0.15) is 4.98 Å². The van der Waals surface area contributed by atoms with E-state index >= 15 is 0 Å². The smallest absolute Gasteiger partial charge is 0.463 e. The minimum atomic E-state index is -0.962. The van der Waals surface area contributed by atoms with Crippen LogP contribution in [0, 0.1) is 6.92 Å². The lowest BCUT2D eigenvalue weighted by Crippen LogP contribution is -2.33. The van der Waals surface area contributed by atoms with Crippen molar-refractivity contribution in [3.63, 3.8) is 0 Å². The summed E-state index contributed by atoms with van der Waals surface area (Å²) in [6.45, 7) is 10.1. The molecule has 32 heavy (non-hydrogen) atoms. The van der Waals surface area contributed by atoms with E-state index < -0.39 is 18.8 Å². The van der Waals surface area contributed by atoms with Crippen LogP contribution in [0.3, 0.4) is 0 Å². The number of ether oxygens (including phenoxy) is 3. The molecule has 0 aliphatic carbocycles. The number of rotatable bonds is 8. The normalized spacial score (nSPS) is 15.3. The van der Waals surface area contributed by atoms with Gasteiger partial charge in [0.1, 0.15) is 11.4 Å². The van der Waals surface area contributed by atoms with Crippen LogP contribution >= 0.6 is 0 Å². The standard InChI is InChI=1S/C22H30BN3O6/c1-6-17-19-14(2)12-15(13-16(19)23(28)32-17)30-18-8-10-24-20(26-18)29-11-7-9-25-21(27)31-22(3,4)5/h8,10,12-13,17,28H,6-7,9,11H2,1-5H3,(H,25,27). The van der Waals surface area contributed by atoms with Crippen molar-refractivity contribution in [3.05, 3.63) is 35.5 Å². The average Bonchev–Trinajstić information content (AvgIpc) is 3.03. The van der Waals surface area contributed by atoms with E-state index in [-0.39, 0.29) is 12.1 Å². The summed E-state index contributed by atoms with van der Waals surface area (Å²) in [6, 6.07) is 5.47. The first-order valence-electron chi connectivity index (χ1n) is 10.7. The highest BCUT2D eigenvalue weighted by Crippen LogP contribution is 2.32. The minimum Gasteiger partial charge on any atom is -0.463 e. The summed E-state index contributed by atoms with van der Waals surface area (Å²) in [7, 11) is -0.962. The molecule has 1 amide bonds. The first-order valence-corrected chi connectivity index (χ1v) is 10.7. The van der Waals surface area contributed by atoms with Crippen LogP contribution in [-0.2, 0) is 9.39 Å². The van der Waals surface area contributed by atoms with Crippen molar-refractivity contribution >= 4 is 18.7 Å². The van der Waals surface area contributed by atoms with Gasteiger partial charge in [0.05, 0.1) is 12.7 Å². The topological polar surface area (TPSA) is 112 Å². The van der Waals surface area contributed by atoms with Crippen molar-refractivity contribution in [3.8, 4) is 17.6 Å². The number of amides is 1. The summed E-state index contributed by atoms with van der Waals surface area (Å²) < 4.78 is 22.2. The van der Waals surface area contributed by atoms with Crippen molar-refractivity contribution in [1.82, 2.24) is 15.3 Å². The molecular weight excluding hydrogens is 413 g/mol. The molecule has 2 heterocycles. The zero-order chi connectivity index (χ0) is 23.3. The highest BCUT2D eigenvalue weighted by atomic mass is 16.6. The average molecular weight is 443 g/mol. The molecule has 1 aliphatic rings. The van der Waals surface area contributed by atoms with Crippen molar-refractivity contribution in [2.75, 3.05) is 13.2 Å². The molecule has 0 fully saturated rings. The molecule has 1 aromatic heterocycles. The van der Waals surface area contributed by atoms with Gasteiger partial charge in [0.25, 0.3) is 0 Å². The Hall–Kier alpha value is -2.85. The minimum absolute atomic E-state index is 0.113. The number of carbonyl (C=O) groups is 1. The summed E-state index contributed by atoms with van der Waals surface area (Å²) in [4.78, 5) is 20.0. The number of alkyl carbamates (subject to hydrolysis) is 1. The van der Waals surface area contributed by atoms with Crippen LogP contribution in [0.15, 0.2) is 24.4 Å². The maximum absolute atomic E-state index is 11.6. The molecule has 10 heteroatoms. The molecule has 1 aliphatic heterocycles. The quantitative estimate of drug-likeness (QED) is 0.473. The van der Waals surface area contributed by atoms with E-state index in [1.807, 2.05) is 40.7 Å². The van der Waals surface area contributed by atoms with E-state index in [1.165, 1.54) is 0 Å². The Bertz CT molecular complexity index is 950. The Kier molecular flexibility index (Phi) is 7.58. The van der Waals surface area contributed by atoms with Gasteiger partial charge in [-0.1, -0.05) is 6.92 Å². The SMILES string of the molecule is CCC1OB(O)c2cc(Oc3ccnc(OCCCNC(=O)OC(C)(C)C)n3)cc(C)c21. The maximum atomic E-state index is 11.6. The molecular formula is C22H30BN3O6. The number of carbonyl (C=O) groups excluding carboxylic acids is 1. The summed E-state index contributed by atoms with van der Waals surface area (Å²) in [5, 5.41) is 12.9. The number of nitrogens with one attached hydrogen (secondary N) is 1. The Balaban J connectivity index is 1.53. The number of hydrogen-bond acceptors (Lipinski definition) is 8. The Labute approximate surface area is 188 Å². The number of nitrogens with zero attached hydrogens (tertiary/aromatic N) is 2. The zero-order valence-electron chi connectivity index (χ0n) is 19.2. The van der Waals surface area contributed by atoms with E-state index in [2.05, 4.69) is 15.3 Å². The van der Waals surface area contributed by atoms with Gasteiger partial charge in [0.2, 0.25) is 5.88 Å². The molecule has 2 N–H and O–H groups in total. The van der Waals surface area contributed by atoms with Gasteiger partial charge in [-0.05, 0) is 69.3 Å². The molecule has 0 bridgehead atoms. The summed E-state index contributed by atoms with van der Waals surface area (Å²) >= 11 is 0. The molecule has 9 nitrogen and oxygen atoms in total. The van der Waals surface area contributed by atoms with Crippen molar-refractivity contribution in [2.24, 2.45) is 0 Å². The number of hydrogen-bond donors (Lipinski definition) is 2. The number of benzene rings is 1. The van der Waals surface area contributed by atoms with Gasteiger partial charge in [-0.25, -0.2) is 9.78 Å². The first kappa shape index (κ1) is 23.8. The van der Waals surface area contributed by atoms with Crippen molar-refractivity contribution in [1.29, 1.82) is 0 Å². The van der Waals surface area contributed by atoms with Crippen LogP contribution < -0.4 is 20.3 Å². The van der Waals surface area contributed by atoms with Crippen molar-refractivity contribution < 1.29 is 28.7 Å². The van der Waals surface area contributed by atoms with Crippen LogP contribution in [0.2, 0.25) is 0 Å². The second kappa shape index (κ2) is 10.2. The van der Waals surface area contributed by atoms with Crippen LogP contribution in [0.25, 0.3) is 0 Å². The summed E-state index contributed by atoms with van der Waals surface area (Å²) in [6.07, 6.45) is 2.31. The van der Waals surface area contributed by atoms with E-state index in [1.54, 1.807) is 18.3 Å². The lowest BCUT2D eigenvalue weighted by atomic mass is 9.77. The van der Waals surface area contributed by atoms with Crippen molar-refractivity contribution in [2.45, 2.75) is 59.2 Å². The highest BCUT2D eigenvalue weighted by Gasteiger charge is 2.35. The van der Waals surface area contributed by atoms with Gasteiger partial charge >= 0.3 is 19.2 Å². The molecule has 1 atom stereocenters. The molecule has 3 rings (SSSR count). The molecule has 2 aromatic rings. The van der Waals surface area contributed by atoms with E-state index in [9.17, 15) is 9.82 Å². The lowest BCUT2D eigenvalue weighted by molar-refractivity contribution is 0.0525. The molecule has 0 spiro atoms. The fourth-order valence-electron chi connectivity index (χ4n) is 3.40. The Morgan fingerprint density at radius 3 is 2.84 bits per heavy atom. The monoisotopic (exact) mass is 443 g/mol. The summed E-state index contributed by atoms with van der Waals surface area (Å²) in [5.74, 6) is 0.869. The van der Waals surface area contributed by atoms with Gasteiger partial charge in [-0.15, -0.1) is 0 Å². The molecule has 0 saturated heterocycles. The fourth-order valence-corrected chi connectivity index (χ4v) is 3.40. The Morgan fingerprint density at radius 2 is 2.12 bits per heavy atom. The molecule has 0 radical (unpaired) electrons. The number of fused-ring (bicyclic) bond motifs is 1. The molecule has 1 aromatic carbocycles. The van der Waals surface area contributed by atoms with Gasteiger partial charge in [-0.3, -0.25) is 0 Å². The molecule has 172 valence electrons. The number of aryl methyl sites for hydroxylation is 1. The third-order valence-corrected chi connectivity index (χ3v) is 4.70. The predicted octanol–water partition coefficient (Wildman–Crippen LogP) is 3.04. The highest BCUT2D eigenvalue weighted by molar-refractivity contribution is 6.61. The van der Waals surface area contributed by atoms with E-state index in [0.29, 0.717) is 31.2 Å². The third kappa shape index (κ3) is 6.33. The van der Waals surface area contributed by atoms with E-state index in [0.717, 1.165) is 23.0 Å². The second-order valence-corrected chi connectivity index (χ2v) is 8.54. The van der Waals surface area contributed by atoms with Crippen LogP contribution in [-0.4, -0.2) is 47.0 Å². The lowest BCUT2D eigenvalue weighted by Gasteiger charge is -2.19. The zero-order valence-corrected chi connectivity index (χ0v) is 19.2. The van der Waals surface area contributed by atoms with Gasteiger partial charge in [0, 0.05) is 18.8 Å². The molecule has 0 saturated carbocycles. The molecule has 1 unspecified atom stereocenters. The largest absolute Gasteiger partial charge is 0.492 e. The second-order valence-electron chi connectivity index (χ2n) is 8.54. The van der Waals surface area contributed by atoms with Gasteiger partial charge < -0.3 is 29.2 Å². The summed E-state index contributed by atoms with van der Waals surface area (Å²) in [5.41, 5.74) is 2.19. The first-order chi connectivity index (χ1) is 15.2. The third-order valence-electron chi connectivity index (χ3n) is 4.70.